The number of hydrogen-bond acceptors (Lipinski definition) is 4. The molecule has 7 heteroatoms. The number of urea groups is 1. The zero-order valence-electron chi connectivity index (χ0n) is 12.6. The van der Waals surface area contributed by atoms with Gasteiger partial charge in [-0.25, -0.2) is 9.59 Å². The molecule has 122 valence electrons. The Labute approximate surface area is 125 Å². The third kappa shape index (κ3) is 7.87. The van der Waals surface area contributed by atoms with Crippen molar-refractivity contribution in [3.05, 3.63) is 0 Å². The highest BCUT2D eigenvalue weighted by atomic mass is 16.5. The largest absolute Gasteiger partial charge is 0.480 e. The lowest BCUT2D eigenvalue weighted by atomic mass is 9.98. The number of methoxy groups -OCH3 is 1. The van der Waals surface area contributed by atoms with Gasteiger partial charge in [-0.3, -0.25) is 0 Å². The molecule has 21 heavy (non-hydrogen) atoms. The Morgan fingerprint density at radius 2 is 1.95 bits per heavy atom. The maximum absolute atomic E-state index is 11.6. The summed E-state index contributed by atoms with van der Waals surface area (Å²) in [6, 6.07) is -1.44. The first-order valence-electron chi connectivity index (χ1n) is 7.51. The van der Waals surface area contributed by atoms with Gasteiger partial charge in [-0.05, 0) is 12.8 Å². The Kier molecular flexibility index (Phi) is 8.77. The number of hydrogen-bond donors (Lipinski definition) is 3. The van der Waals surface area contributed by atoms with E-state index in [4.69, 9.17) is 14.6 Å². The summed E-state index contributed by atoms with van der Waals surface area (Å²) >= 11 is 0. The van der Waals surface area contributed by atoms with E-state index < -0.39 is 18.0 Å². The lowest BCUT2D eigenvalue weighted by molar-refractivity contribution is -0.139. The van der Waals surface area contributed by atoms with E-state index in [9.17, 15) is 9.59 Å². The molecule has 7 nitrogen and oxygen atoms in total. The van der Waals surface area contributed by atoms with Crippen molar-refractivity contribution in [2.75, 3.05) is 26.9 Å². The van der Waals surface area contributed by atoms with Crippen molar-refractivity contribution in [3.8, 4) is 0 Å². The lowest BCUT2D eigenvalue weighted by Crippen LogP contribution is -2.47. The van der Waals surface area contributed by atoms with Crippen LogP contribution in [0.1, 0.15) is 38.5 Å². The Morgan fingerprint density at radius 3 is 2.57 bits per heavy atom. The third-order valence-electron chi connectivity index (χ3n) is 3.51. The van der Waals surface area contributed by atoms with Gasteiger partial charge < -0.3 is 25.2 Å². The molecule has 0 aromatic heterocycles. The number of carboxylic acids is 1. The van der Waals surface area contributed by atoms with Gasteiger partial charge in [0.2, 0.25) is 0 Å². The number of nitrogens with one attached hydrogen (secondary N) is 2. The highest BCUT2D eigenvalue weighted by Gasteiger charge is 2.19. The van der Waals surface area contributed by atoms with E-state index in [2.05, 4.69) is 10.6 Å². The number of amides is 2. The van der Waals surface area contributed by atoms with Gasteiger partial charge in [-0.1, -0.05) is 19.3 Å². The van der Waals surface area contributed by atoms with Crippen LogP contribution in [0.15, 0.2) is 0 Å². The van der Waals surface area contributed by atoms with Crippen molar-refractivity contribution in [2.24, 2.45) is 0 Å². The van der Waals surface area contributed by atoms with Crippen LogP contribution in [-0.2, 0) is 14.3 Å². The number of carbonyl (C=O) groups is 2. The lowest BCUT2D eigenvalue weighted by Gasteiger charge is -2.22. The molecule has 0 heterocycles. The first kappa shape index (κ1) is 17.7. The van der Waals surface area contributed by atoms with E-state index in [1.54, 1.807) is 0 Å². The van der Waals surface area contributed by atoms with E-state index in [-0.39, 0.29) is 13.0 Å². The Hall–Kier alpha value is -1.34. The summed E-state index contributed by atoms with van der Waals surface area (Å²) in [5.74, 6) is -1.07. The summed E-state index contributed by atoms with van der Waals surface area (Å²) in [5, 5.41) is 14.0. The topological polar surface area (TPSA) is 96.9 Å². The van der Waals surface area contributed by atoms with Crippen molar-refractivity contribution in [1.29, 1.82) is 0 Å². The average Bonchev–Trinajstić information content (AvgIpc) is 2.48. The Balaban J connectivity index is 2.12. The van der Waals surface area contributed by atoms with Crippen molar-refractivity contribution in [2.45, 2.75) is 50.7 Å². The molecule has 1 saturated carbocycles. The van der Waals surface area contributed by atoms with Crippen LogP contribution < -0.4 is 10.6 Å². The minimum atomic E-state index is -1.07. The van der Waals surface area contributed by atoms with Crippen LogP contribution in [0.4, 0.5) is 4.79 Å². The zero-order chi connectivity index (χ0) is 15.5. The molecular formula is C14H26N2O5. The molecule has 0 aromatic rings. The maximum Gasteiger partial charge on any atom is 0.326 e. The van der Waals surface area contributed by atoms with E-state index in [0.29, 0.717) is 19.3 Å². The molecule has 2 amide bonds. The normalized spacial score (nSPS) is 17.2. The Morgan fingerprint density at radius 1 is 1.24 bits per heavy atom. The van der Waals surface area contributed by atoms with Gasteiger partial charge in [0.15, 0.2) is 0 Å². The molecule has 0 radical (unpaired) electrons. The number of ether oxygens (including phenoxy) is 2. The quantitative estimate of drug-likeness (QED) is 0.555. The van der Waals surface area contributed by atoms with Crippen LogP contribution in [0.5, 0.6) is 0 Å². The summed E-state index contributed by atoms with van der Waals surface area (Å²) in [7, 11) is 1.49. The van der Waals surface area contributed by atoms with Crippen molar-refractivity contribution in [3.63, 3.8) is 0 Å². The molecule has 0 aromatic carbocycles. The molecule has 0 aliphatic heterocycles. The van der Waals surface area contributed by atoms with E-state index in [1.807, 2.05) is 0 Å². The van der Waals surface area contributed by atoms with Gasteiger partial charge in [-0.2, -0.15) is 0 Å². The number of carboxylic acid groups (broad SMARTS) is 1. The molecule has 0 spiro atoms. The summed E-state index contributed by atoms with van der Waals surface area (Å²) in [6.45, 7) is 1.11. The molecule has 1 atom stereocenters. The van der Waals surface area contributed by atoms with Crippen LogP contribution in [0.25, 0.3) is 0 Å². The highest BCUT2D eigenvalue weighted by Crippen LogP contribution is 2.19. The fourth-order valence-electron chi connectivity index (χ4n) is 2.32. The fraction of sp³-hybridized carbons (Fsp3) is 0.857. The summed E-state index contributed by atoms with van der Waals surface area (Å²) in [6.07, 6.45) is 6.40. The van der Waals surface area contributed by atoms with Crippen LogP contribution in [0.3, 0.4) is 0 Å². The Bertz CT molecular complexity index is 318. The van der Waals surface area contributed by atoms with Gasteiger partial charge in [0.25, 0.3) is 0 Å². The van der Waals surface area contributed by atoms with Crippen LogP contribution >= 0.6 is 0 Å². The van der Waals surface area contributed by atoms with Gasteiger partial charge in [0, 0.05) is 26.7 Å². The molecule has 0 bridgehead atoms. The molecule has 1 aliphatic carbocycles. The average molecular weight is 302 g/mol. The first-order chi connectivity index (χ1) is 10.1. The van der Waals surface area contributed by atoms with Crippen LogP contribution in [0, 0.1) is 0 Å². The summed E-state index contributed by atoms with van der Waals surface area (Å²) in [4.78, 5) is 22.5. The number of carbonyl (C=O) groups excluding carboxylic acids is 1. The van der Waals surface area contributed by atoms with Crippen molar-refractivity contribution >= 4 is 12.0 Å². The molecule has 1 aliphatic rings. The van der Waals surface area contributed by atoms with E-state index in [1.165, 1.54) is 26.4 Å². The molecule has 1 rings (SSSR count). The molecule has 0 saturated heterocycles. The van der Waals surface area contributed by atoms with E-state index in [0.717, 1.165) is 12.8 Å². The van der Waals surface area contributed by atoms with Crippen LogP contribution in [0.2, 0.25) is 0 Å². The van der Waals surface area contributed by atoms with Gasteiger partial charge in [0.1, 0.15) is 6.04 Å². The second kappa shape index (κ2) is 10.4. The van der Waals surface area contributed by atoms with Crippen LogP contribution in [-0.4, -0.2) is 56.1 Å². The van der Waals surface area contributed by atoms with Gasteiger partial charge >= 0.3 is 12.0 Å². The third-order valence-corrected chi connectivity index (χ3v) is 3.51. The monoisotopic (exact) mass is 302 g/mol. The number of aliphatic carboxylic acids is 1. The van der Waals surface area contributed by atoms with E-state index >= 15 is 0 Å². The minimum absolute atomic E-state index is 0.234. The predicted octanol–water partition coefficient (Wildman–Crippen LogP) is 1.12. The summed E-state index contributed by atoms with van der Waals surface area (Å²) in [5.41, 5.74) is 0. The SMILES string of the molecule is COCCC(NC(=O)NCCOC1CCCCC1)C(=O)O. The first-order valence-corrected chi connectivity index (χ1v) is 7.51. The molecule has 1 fully saturated rings. The van der Waals surface area contributed by atoms with Crippen molar-refractivity contribution < 1.29 is 24.2 Å². The minimum Gasteiger partial charge on any atom is -0.480 e. The fourth-order valence-corrected chi connectivity index (χ4v) is 2.32. The second-order valence-electron chi connectivity index (χ2n) is 5.20. The predicted molar refractivity (Wildman–Crippen MR) is 77.3 cm³/mol. The smallest absolute Gasteiger partial charge is 0.326 e. The standard InChI is InChI=1S/C14H26N2O5/c1-20-9-7-12(13(17)18)16-14(19)15-8-10-21-11-5-3-2-4-6-11/h11-12H,2-10H2,1H3,(H,17,18)(H2,15,16,19). The number of rotatable bonds is 9. The molecule has 1 unspecified atom stereocenters. The maximum atomic E-state index is 11.6. The summed E-state index contributed by atoms with van der Waals surface area (Å²) < 4.78 is 10.5. The molecule has 3 N–H and O–H groups in total. The second-order valence-corrected chi connectivity index (χ2v) is 5.20. The van der Waals surface area contributed by atoms with Gasteiger partial charge in [-0.15, -0.1) is 0 Å². The van der Waals surface area contributed by atoms with Crippen molar-refractivity contribution in [1.82, 2.24) is 10.6 Å². The highest BCUT2D eigenvalue weighted by molar-refractivity contribution is 5.82. The zero-order valence-corrected chi connectivity index (χ0v) is 12.6. The molecular weight excluding hydrogens is 276 g/mol. The van der Waals surface area contributed by atoms with Gasteiger partial charge in [0.05, 0.1) is 12.7 Å².